The summed E-state index contributed by atoms with van der Waals surface area (Å²) in [6.07, 6.45) is 0.326. The molecule has 0 aliphatic rings. The van der Waals surface area contributed by atoms with Gasteiger partial charge in [-0.1, -0.05) is 85.0 Å². The second-order valence-corrected chi connectivity index (χ2v) is 11.1. The van der Waals surface area contributed by atoms with Crippen molar-refractivity contribution in [2.45, 2.75) is 32.9 Å². The number of nitrogens with zero attached hydrogens (tertiary/aromatic N) is 1. The summed E-state index contributed by atoms with van der Waals surface area (Å²) in [5.41, 5.74) is 1.59. The zero-order valence-corrected chi connectivity index (χ0v) is 24.4. The lowest BCUT2D eigenvalue weighted by atomic mass is 10.0. The molecule has 3 aromatic rings. The molecular weight excluding hydrogens is 599 g/mol. The zero-order chi connectivity index (χ0) is 26.9. The molecule has 196 valence electrons. The van der Waals surface area contributed by atoms with Crippen LogP contribution in [0.15, 0.2) is 71.2 Å². The summed E-state index contributed by atoms with van der Waals surface area (Å²) in [6, 6.07) is 18.9. The number of rotatable bonds is 11. The lowest BCUT2D eigenvalue weighted by Gasteiger charge is -2.32. The van der Waals surface area contributed by atoms with Crippen LogP contribution >= 0.6 is 50.7 Å². The topological polar surface area (TPSA) is 58.6 Å². The van der Waals surface area contributed by atoms with Crippen LogP contribution in [0, 0.1) is 5.92 Å². The van der Waals surface area contributed by atoms with Crippen molar-refractivity contribution in [1.29, 1.82) is 0 Å². The van der Waals surface area contributed by atoms with Crippen LogP contribution in [0.3, 0.4) is 0 Å². The molecule has 1 atom stereocenters. The number of carbonyl (C=O) groups excluding carboxylic acids is 2. The van der Waals surface area contributed by atoms with Gasteiger partial charge in [0, 0.05) is 34.6 Å². The minimum Gasteiger partial charge on any atom is -0.483 e. The van der Waals surface area contributed by atoms with Gasteiger partial charge in [-0.15, -0.1) is 0 Å². The Labute approximate surface area is 241 Å². The Morgan fingerprint density at radius 3 is 2.30 bits per heavy atom. The van der Waals surface area contributed by atoms with E-state index in [4.69, 9.17) is 39.5 Å². The van der Waals surface area contributed by atoms with Gasteiger partial charge in [0.15, 0.2) is 6.61 Å². The summed E-state index contributed by atoms with van der Waals surface area (Å²) in [4.78, 5) is 28.6. The van der Waals surface area contributed by atoms with Crippen LogP contribution in [-0.4, -0.2) is 35.9 Å². The Bertz CT molecular complexity index is 1220. The van der Waals surface area contributed by atoms with Crippen molar-refractivity contribution in [3.63, 3.8) is 0 Å². The zero-order valence-electron chi connectivity index (χ0n) is 20.5. The van der Waals surface area contributed by atoms with Crippen molar-refractivity contribution < 1.29 is 14.3 Å². The summed E-state index contributed by atoms with van der Waals surface area (Å²) in [5, 5.41) is 4.42. The van der Waals surface area contributed by atoms with E-state index in [1.54, 1.807) is 36.4 Å². The van der Waals surface area contributed by atoms with Crippen LogP contribution in [0.5, 0.6) is 5.75 Å². The maximum Gasteiger partial charge on any atom is 0.261 e. The molecule has 3 aromatic carbocycles. The highest BCUT2D eigenvalue weighted by molar-refractivity contribution is 9.10. The van der Waals surface area contributed by atoms with E-state index in [1.165, 1.54) is 4.90 Å². The molecular formula is C28H28BrCl3N2O3. The number of nitrogens with one attached hydrogen (secondary N) is 1. The molecule has 2 amide bonds. The van der Waals surface area contributed by atoms with Gasteiger partial charge in [-0.3, -0.25) is 9.59 Å². The third-order valence-electron chi connectivity index (χ3n) is 5.56. The Hall–Kier alpha value is -2.25. The summed E-state index contributed by atoms with van der Waals surface area (Å²) < 4.78 is 6.44. The first-order valence-corrected chi connectivity index (χ1v) is 13.7. The SMILES string of the molecule is CC(C)CNC(=O)[C@H](Cc1ccccc1)N(Cc1ccc(Cl)cc1Cl)C(=O)COc1ccc(Cl)cc1Br. The fraction of sp³-hybridized carbons (Fsp3) is 0.286. The first-order chi connectivity index (χ1) is 17.6. The van der Waals surface area contributed by atoms with E-state index in [0.29, 0.717) is 43.8 Å². The normalized spacial score (nSPS) is 11.8. The molecule has 0 bridgehead atoms. The largest absolute Gasteiger partial charge is 0.483 e. The van der Waals surface area contributed by atoms with Gasteiger partial charge >= 0.3 is 0 Å². The molecule has 0 heterocycles. The fourth-order valence-corrected chi connectivity index (χ4v) is 4.89. The molecule has 0 spiro atoms. The van der Waals surface area contributed by atoms with Crippen molar-refractivity contribution >= 4 is 62.5 Å². The predicted octanol–water partition coefficient (Wildman–Crippen LogP) is 7.20. The highest BCUT2D eigenvalue weighted by atomic mass is 79.9. The average molecular weight is 627 g/mol. The van der Waals surface area contributed by atoms with Gasteiger partial charge in [0.1, 0.15) is 11.8 Å². The summed E-state index contributed by atoms with van der Waals surface area (Å²) >= 11 is 22.0. The quantitative estimate of drug-likeness (QED) is 0.245. The summed E-state index contributed by atoms with van der Waals surface area (Å²) in [7, 11) is 0. The van der Waals surface area contributed by atoms with E-state index in [9.17, 15) is 9.59 Å². The number of carbonyl (C=O) groups is 2. The Kier molecular flexibility index (Phi) is 11.1. The summed E-state index contributed by atoms with van der Waals surface area (Å²) in [6.45, 7) is 4.34. The van der Waals surface area contributed by atoms with Crippen molar-refractivity contribution in [3.8, 4) is 5.75 Å². The van der Waals surface area contributed by atoms with Crippen LogP contribution in [0.1, 0.15) is 25.0 Å². The summed E-state index contributed by atoms with van der Waals surface area (Å²) in [5.74, 6) is 0.102. The molecule has 9 heteroatoms. The Balaban J connectivity index is 1.94. The molecule has 0 saturated heterocycles. The van der Waals surface area contributed by atoms with Gasteiger partial charge in [-0.05, 0) is 63.3 Å². The van der Waals surface area contributed by atoms with Crippen LogP contribution in [0.2, 0.25) is 15.1 Å². The molecule has 0 unspecified atom stereocenters. The number of benzene rings is 3. The molecule has 0 saturated carbocycles. The second kappa shape index (κ2) is 14.1. The first-order valence-electron chi connectivity index (χ1n) is 11.8. The van der Waals surface area contributed by atoms with E-state index in [2.05, 4.69) is 21.2 Å². The Morgan fingerprint density at radius 1 is 0.973 bits per heavy atom. The molecule has 0 aliphatic heterocycles. The van der Waals surface area contributed by atoms with Gasteiger partial charge in [0.05, 0.1) is 4.47 Å². The minimum absolute atomic E-state index is 0.104. The standard InChI is InChI=1S/C28H28BrCl3N2O3/c1-18(2)15-33-28(36)25(12-19-6-4-3-5-7-19)34(16-20-8-9-22(31)14-24(20)32)27(35)17-37-26-11-10-21(30)13-23(26)29/h3-11,13-14,18,25H,12,15-17H2,1-2H3,(H,33,36)/t25-/m0/s1. The van der Waals surface area contributed by atoms with Crippen LogP contribution in [-0.2, 0) is 22.6 Å². The highest BCUT2D eigenvalue weighted by Gasteiger charge is 2.31. The van der Waals surface area contributed by atoms with Crippen molar-refractivity contribution in [3.05, 3.63) is 97.4 Å². The number of halogens is 4. The number of hydrogen-bond acceptors (Lipinski definition) is 3. The maximum absolute atomic E-state index is 13.7. The van der Waals surface area contributed by atoms with E-state index in [-0.39, 0.29) is 30.9 Å². The van der Waals surface area contributed by atoms with Crippen molar-refractivity contribution in [2.24, 2.45) is 5.92 Å². The van der Waals surface area contributed by atoms with Gasteiger partial charge in [-0.2, -0.15) is 0 Å². The second-order valence-electron chi connectivity index (χ2n) is 8.97. The van der Waals surface area contributed by atoms with E-state index >= 15 is 0 Å². The minimum atomic E-state index is -0.794. The van der Waals surface area contributed by atoms with E-state index in [1.807, 2.05) is 44.2 Å². The van der Waals surface area contributed by atoms with Crippen LogP contribution < -0.4 is 10.1 Å². The highest BCUT2D eigenvalue weighted by Crippen LogP contribution is 2.28. The van der Waals surface area contributed by atoms with Crippen LogP contribution in [0.25, 0.3) is 0 Å². The third-order valence-corrected chi connectivity index (χ3v) is 7.00. The number of ether oxygens (including phenoxy) is 1. The predicted molar refractivity (Wildman–Crippen MR) is 153 cm³/mol. The van der Waals surface area contributed by atoms with Crippen molar-refractivity contribution in [2.75, 3.05) is 13.2 Å². The fourth-order valence-electron chi connectivity index (χ4n) is 3.62. The molecule has 1 N–H and O–H groups in total. The van der Waals surface area contributed by atoms with E-state index in [0.717, 1.165) is 5.56 Å². The molecule has 37 heavy (non-hydrogen) atoms. The average Bonchev–Trinajstić information content (AvgIpc) is 2.85. The molecule has 0 radical (unpaired) electrons. The lowest BCUT2D eigenvalue weighted by Crippen LogP contribution is -2.52. The van der Waals surface area contributed by atoms with Gasteiger partial charge in [0.2, 0.25) is 5.91 Å². The lowest BCUT2D eigenvalue weighted by molar-refractivity contribution is -0.142. The maximum atomic E-state index is 13.7. The first kappa shape index (κ1) is 29.3. The van der Waals surface area contributed by atoms with Gasteiger partial charge in [-0.25, -0.2) is 0 Å². The van der Waals surface area contributed by atoms with Crippen molar-refractivity contribution in [1.82, 2.24) is 10.2 Å². The van der Waals surface area contributed by atoms with Crippen LogP contribution in [0.4, 0.5) is 0 Å². The molecule has 5 nitrogen and oxygen atoms in total. The van der Waals surface area contributed by atoms with E-state index < -0.39 is 6.04 Å². The monoisotopic (exact) mass is 624 g/mol. The number of hydrogen-bond donors (Lipinski definition) is 1. The van der Waals surface area contributed by atoms with Gasteiger partial charge < -0.3 is 15.0 Å². The van der Waals surface area contributed by atoms with Gasteiger partial charge in [0.25, 0.3) is 5.91 Å². The molecule has 0 aromatic heterocycles. The smallest absolute Gasteiger partial charge is 0.261 e. The molecule has 0 aliphatic carbocycles. The third kappa shape index (κ3) is 8.92. The molecule has 0 fully saturated rings. The molecule has 3 rings (SSSR count). The number of amides is 2. The Morgan fingerprint density at radius 2 is 1.65 bits per heavy atom.